The Morgan fingerprint density at radius 3 is 2.61 bits per heavy atom. The molecule has 7 nitrogen and oxygen atoms in total. The summed E-state index contributed by atoms with van der Waals surface area (Å²) < 4.78 is 8.07. The van der Waals surface area contributed by atoms with E-state index in [2.05, 4.69) is 48.4 Å². The quantitative estimate of drug-likeness (QED) is 0.193. The van der Waals surface area contributed by atoms with Crippen LogP contribution in [0.25, 0.3) is 32.8 Å². The number of aryl methyl sites for hydroxylation is 2. The standard InChI is InChI=1S/C31H34N4O3/c1-5-25-27(28(19(2)32-3)34-35(25)4)24-15-9-14-22-23(30(31(36)37)33-29(22)24)16-10-18-38-26-17-8-12-20-11-6-7-13-21(20)26/h6-9,11-15,17,19,32-33H,5,10,16,18H2,1-4H3,(H,36,37). The molecule has 2 heterocycles. The molecule has 196 valence electrons. The Kier molecular flexibility index (Phi) is 7.20. The van der Waals surface area contributed by atoms with Crippen molar-refractivity contribution in [3.05, 3.63) is 83.3 Å². The Bertz CT molecular complexity index is 1610. The largest absolute Gasteiger partial charge is 0.493 e. The molecule has 0 radical (unpaired) electrons. The minimum atomic E-state index is -0.956. The predicted octanol–water partition coefficient (Wildman–Crippen LogP) is 6.27. The van der Waals surface area contributed by atoms with E-state index in [9.17, 15) is 9.90 Å². The highest BCUT2D eigenvalue weighted by Crippen LogP contribution is 2.38. The van der Waals surface area contributed by atoms with Gasteiger partial charge in [0.15, 0.2) is 0 Å². The van der Waals surface area contributed by atoms with Gasteiger partial charge < -0.3 is 20.1 Å². The van der Waals surface area contributed by atoms with E-state index in [0.29, 0.717) is 19.4 Å². The smallest absolute Gasteiger partial charge is 0.352 e. The maximum Gasteiger partial charge on any atom is 0.352 e. The molecule has 0 saturated heterocycles. The highest BCUT2D eigenvalue weighted by Gasteiger charge is 2.25. The van der Waals surface area contributed by atoms with Crippen molar-refractivity contribution in [3.63, 3.8) is 0 Å². The first-order valence-corrected chi connectivity index (χ1v) is 13.1. The molecule has 0 aliphatic carbocycles. The van der Waals surface area contributed by atoms with E-state index in [1.807, 2.05) is 55.2 Å². The third kappa shape index (κ3) is 4.54. The molecule has 0 fully saturated rings. The zero-order valence-corrected chi connectivity index (χ0v) is 22.3. The average Bonchev–Trinajstić information content (AvgIpc) is 3.48. The number of carboxylic acids is 1. The van der Waals surface area contributed by atoms with Crippen molar-refractivity contribution in [2.75, 3.05) is 13.7 Å². The number of aromatic nitrogens is 3. The number of fused-ring (bicyclic) bond motifs is 2. The number of para-hydroxylation sites is 1. The zero-order valence-electron chi connectivity index (χ0n) is 22.3. The van der Waals surface area contributed by atoms with E-state index < -0.39 is 5.97 Å². The van der Waals surface area contributed by atoms with Crippen LogP contribution in [0.1, 0.15) is 53.7 Å². The number of aromatic amines is 1. The fourth-order valence-corrected chi connectivity index (χ4v) is 5.40. The van der Waals surface area contributed by atoms with Crippen LogP contribution in [-0.4, -0.2) is 39.5 Å². The maximum absolute atomic E-state index is 12.3. The first kappa shape index (κ1) is 25.5. The lowest BCUT2D eigenvalue weighted by atomic mass is 9.95. The number of carboxylic acid groups (broad SMARTS) is 1. The van der Waals surface area contributed by atoms with Gasteiger partial charge >= 0.3 is 5.97 Å². The summed E-state index contributed by atoms with van der Waals surface area (Å²) in [5, 5.41) is 21.3. The fraction of sp³-hybridized carbons (Fsp3) is 0.290. The second kappa shape index (κ2) is 10.7. The fourth-order valence-electron chi connectivity index (χ4n) is 5.40. The minimum Gasteiger partial charge on any atom is -0.493 e. The molecule has 1 atom stereocenters. The predicted molar refractivity (Wildman–Crippen MR) is 152 cm³/mol. The molecule has 0 spiro atoms. The number of nitrogens with one attached hydrogen (secondary N) is 2. The Labute approximate surface area is 222 Å². The molecule has 3 aromatic carbocycles. The highest BCUT2D eigenvalue weighted by molar-refractivity contribution is 6.03. The molecule has 0 aliphatic rings. The van der Waals surface area contributed by atoms with Crippen LogP contribution in [0.15, 0.2) is 60.7 Å². The van der Waals surface area contributed by atoms with Crippen molar-refractivity contribution in [2.45, 2.75) is 39.2 Å². The van der Waals surface area contributed by atoms with E-state index >= 15 is 0 Å². The molecule has 5 aromatic rings. The lowest BCUT2D eigenvalue weighted by Crippen LogP contribution is -2.14. The van der Waals surface area contributed by atoms with Crippen LogP contribution in [0.3, 0.4) is 0 Å². The van der Waals surface area contributed by atoms with Gasteiger partial charge in [-0.2, -0.15) is 5.10 Å². The number of carbonyl (C=O) groups is 1. The second-order valence-corrected chi connectivity index (χ2v) is 9.64. The first-order valence-electron chi connectivity index (χ1n) is 13.1. The SMILES string of the molecule is CCc1c(-c2cccc3c(CCCOc4cccc5ccccc45)c(C(=O)O)[nH]c23)c(C(C)NC)nn1C. The lowest BCUT2D eigenvalue weighted by Gasteiger charge is -2.12. The Balaban J connectivity index is 1.48. The number of aromatic carboxylic acids is 1. The van der Waals surface area contributed by atoms with E-state index in [1.54, 1.807) is 0 Å². The van der Waals surface area contributed by atoms with Crippen LogP contribution in [0.2, 0.25) is 0 Å². The van der Waals surface area contributed by atoms with Crippen LogP contribution in [0.5, 0.6) is 5.75 Å². The number of rotatable bonds is 10. The van der Waals surface area contributed by atoms with Crippen LogP contribution in [0.4, 0.5) is 0 Å². The first-order chi connectivity index (χ1) is 18.4. The molecule has 0 saturated carbocycles. The molecule has 0 bridgehead atoms. The molecule has 5 rings (SSSR count). The van der Waals surface area contributed by atoms with Crippen LogP contribution >= 0.6 is 0 Å². The lowest BCUT2D eigenvalue weighted by molar-refractivity contribution is 0.0690. The van der Waals surface area contributed by atoms with Crippen LogP contribution in [0, 0.1) is 0 Å². The number of hydrogen-bond acceptors (Lipinski definition) is 4. The molecular formula is C31H34N4O3. The van der Waals surface area contributed by atoms with E-state index in [1.165, 1.54) is 0 Å². The summed E-state index contributed by atoms with van der Waals surface area (Å²) in [5.41, 5.74) is 5.99. The van der Waals surface area contributed by atoms with E-state index in [-0.39, 0.29) is 11.7 Å². The van der Waals surface area contributed by atoms with Gasteiger partial charge in [-0.1, -0.05) is 61.5 Å². The van der Waals surface area contributed by atoms with Gasteiger partial charge in [0, 0.05) is 40.7 Å². The molecule has 0 amide bonds. The molecule has 0 aliphatic heterocycles. The number of H-pyrrole nitrogens is 1. The summed E-state index contributed by atoms with van der Waals surface area (Å²) in [6.07, 6.45) is 2.09. The molecule has 38 heavy (non-hydrogen) atoms. The summed E-state index contributed by atoms with van der Waals surface area (Å²) >= 11 is 0. The molecule has 7 heteroatoms. The summed E-state index contributed by atoms with van der Waals surface area (Å²) in [5.74, 6) is -0.111. The number of ether oxygens (including phenoxy) is 1. The third-order valence-electron chi connectivity index (χ3n) is 7.37. The maximum atomic E-state index is 12.3. The third-order valence-corrected chi connectivity index (χ3v) is 7.37. The number of hydrogen-bond donors (Lipinski definition) is 3. The Hall–Kier alpha value is -4.10. The van der Waals surface area contributed by atoms with Crippen molar-refractivity contribution in [1.82, 2.24) is 20.1 Å². The zero-order chi connectivity index (χ0) is 26.8. The minimum absolute atomic E-state index is 0.0475. The van der Waals surface area contributed by atoms with Gasteiger partial charge in [0.25, 0.3) is 0 Å². The normalized spacial score (nSPS) is 12.3. The van der Waals surface area contributed by atoms with Crippen molar-refractivity contribution in [2.24, 2.45) is 7.05 Å². The topological polar surface area (TPSA) is 92.2 Å². The summed E-state index contributed by atoms with van der Waals surface area (Å²) in [4.78, 5) is 15.6. The van der Waals surface area contributed by atoms with Crippen molar-refractivity contribution < 1.29 is 14.6 Å². The molecular weight excluding hydrogens is 476 g/mol. The van der Waals surface area contributed by atoms with Crippen molar-refractivity contribution in [1.29, 1.82) is 0 Å². The van der Waals surface area contributed by atoms with Crippen molar-refractivity contribution >= 4 is 27.6 Å². The highest BCUT2D eigenvalue weighted by atomic mass is 16.5. The summed E-state index contributed by atoms with van der Waals surface area (Å²) in [6.45, 7) is 4.70. The van der Waals surface area contributed by atoms with Crippen LogP contribution < -0.4 is 10.1 Å². The summed E-state index contributed by atoms with van der Waals surface area (Å²) in [6, 6.07) is 20.3. The van der Waals surface area contributed by atoms with Crippen LogP contribution in [-0.2, 0) is 19.9 Å². The van der Waals surface area contributed by atoms with Gasteiger partial charge in [0.1, 0.15) is 11.4 Å². The van der Waals surface area contributed by atoms with Gasteiger partial charge in [-0.3, -0.25) is 4.68 Å². The van der Waals surface area contributed by atoms with Gasteiger partial charge in [-0.05, 0) is 50.2 Å². The Morgan fingerprint density at radius 2 is 1.84 bits per heavy atom. The average molecular weight is 511 g/mol. The van der Waals surface area contributed by atoms with Gasteiger partial charge in [0.05, 0.1) is 17.8 Å². The number of nitrogens with zero attached hydrogens (tertiary/aromatic N) is 2. The van der Waals surface area contributed by atoms with E-state index in [0.717, 1.165) is 61.9 Å². The monoisotopic (exact) mass is 510 g/mol. The molecule has 2 aromatic heterocycles. The van der Waals surface area contributed by atoms with Gasteiger partial charge in [-0.25, -0.2) is 4.79 Å². The second-order valence-electron chi connectivity index (χ2n) is 9.64. The van der Waals surface area contributed by atoms with Crippen molar-refractivity contribution in [3.8, 4) is 16.9 Å². The number of benzene rings is 3. The van der Waals surface area contributed by atoms with Gasteiger partial charge in [0.2, 0.25) is 0 Å². The van der Waals surface area contributed by atoms with Gasteiger partial charge in [-0.15, -0.1) is 0 Å². The molecule has 1 unspecified atom stereocenters. The summed E-state index contributed by atoms with van der Waals surface area (Å²) in [7, 11) is 3.89. The van der Waals surface area contributed by atoms with E-state index in [4.69, 9.17) is 9.84 Å². The Morgan fingerprint density at radius 1 is 1.11 bits per heavy atom. The molecule has 3 N–H and O–H groups in total.